The van der Waals surface area contributed by atoms with E-state index in [1.807, 2.05) is 0 Å². The van der Waals surface area contributed by atoms with Crippen LogP contribution in [0.1, 0.15) is 10.4 Å². The molecule has 0 aromatic heterocycles. The fourth-order valence-electron chi connectivity index (χ4n) is 1.14. The van der Waals surface area contributed by atoms with Crippen LogP contribution in [0.3, 0.4) is 0 Å². The second-order valence-corrected chi connectivity index (χ2v) is 3.03. The third-order valence-corrected chi connectivity index (χ3v) is 1.89. The molecule has 1 aromatic rings. The second kappa shape index (κ2) is 5.34. The summed E-state index contributed by atoms with van der Waals surface area (Å²) in [5.74, 6) is -1.06. The molecule has 1 rings (SSSR count). The van der Waals surface area contributed by atoms with Crippen LogP contribution in [0, 0.1) is 0 Å². The van der Waals surface area contributed by atoms with Crippen LogP contribution < -0.4 is 10.2 Å². The lowest BCUT2D eigenvalue weighted by Gasteiger charge is -2.09. The van der Waals surface area contributed by atoms with Crippen LogP contribution in [0.15, 0.2) is 30.9 Å². The standard InChI is InChI=1S/C10H11BO5/c1-2-5-16-9-6-7(11(14)15)3-4-8(9)10(12)13/h2-4,6,14-15H,1,5H2,(H,12,13). The first-order valence-electron chi connectivity index (χ1n) is 4.53. The van der Waals surface area contributed by atoms with Crippen LogP contribution in [0.2, 0.25) is 0 Å². The van der Waals surface area contributed by atoms with E-state index in [-0.39, 0.29) is 23.4 Å². The summed E-state index contributed by atoms with van der Waals surface area (Å²) in [5, 5.41) is 26.7. The van der Waals surface area contributed by atoms with Crippen molar-refractivity contribution in [2.45, 2.75) is 0 Å². The quantitative estimate of drug-likeness (QED) is 0.467. The maximum Gasteiger partial charge on any atom is 0.488 e. The van der Waals surface area contributed by atoms with E-state index in [2.05, 4.69) is 6.58 Å². The van der Waals surface area contributed by atoms with Crippen LogP contribution in [-0.4, -0.2) is 34.8 Å². The lowest BCUT2D eigenvalue weighted by Crippen LogP contribution is -2.30. The van der Waals surface area contributed by atoms with E-state index in [1.165, 1.54) is 24.3 Å². The Hall–Kier alpha value is -1.79. The van der Waals surface area contributed by atoms with E-state index in [4.69, 9.17) is 19.9 Å². The SMILES string of the molecule is C=CCOc1cc(B(O)O)ccc1C(=O)O. The highest BCUT2D eigenvalue weighted by Gasteiger charge is 2.17. The van der Waals surface area contributed by atoms with Gasteiger partial charge >= 0.3 is 13.1 Å². The third kappa shape index (κ3) is 2.85. The van der Waals surface area contributed by atoms with Crippen molar-refractivity contribution in [2.75, 3.05) is 6.61 Å². The summed E-state index contributed by atoms with van der Waals surface area (Å²) in [6.45, 7) is 3.58. The molecule has 0 spiro atoms. The van der Waals surface area contributed by atoms with Gasteiger partial charge in [-0.05, 0) is 17.6 Å². The lowest BCUT2D eigenvalue weighted by molar-refractivity contribution is 0.0693. The maximum absolute atomic E-state index is 10.8. The average molecular weight is 222 g/mol. The Morgan fingerprint density at radius 3 is 2.69 bits per heavy atom. The minimum absolute atomic E-state index is 0.0359. The zero-order valence-electron chi connectivity index (χ0n) is 8.46. The molecule has 0 bridgehead atoms. The predicted molar refractivity (Wildman–Crippen MR) is 58.9 cm³/mol. The van der Waals surface area contributed by atoms with E-state index >= 15 is 0 Å². The van der Waals surface area contributed by atoms with Crippen LogP contribution >= 0.6 is 0 Å². The minimum atomic E-state index is -1.66. The highest BCUT2D eigenvalue weighted by molar-refractivity contribution is 6.58. The van der Waals surface area contributed by atoms with E-state index in [9.17, 15) is 4.79 Å². The van der Waals surface area contributed by atoms with E-state index in [0.29, 0.717) is 0 Å². The summed E-state index contributed by atoms with van der Waals surface area (Å²) in [6, 6.07) is 3.85. The van der Waals surface area contributed by atoms with Gasteiger partial charge in [0.05, 0.1) is 0 Å². The smallest absolute Gasteiger partial charge is 0.488 e. The molecule has 0 fully saturated rings. The normalized spacial score (nSPS) is 9.62. The summed E-state index contributed by atoms with van der Waals surface area (Å²) < 4.78 is 5.12. The lowest BCUT2D eigenvalue weighted by atomic mass is 9.80. The molecular formula is C10H11BO5. The van der Waals surface area contributed by atoms with Gasteiger partial charge in [0.2, 0.25) is 0 Å². The Morgan fingerprint density at radius 2 is 2.19 bits per heavy atom. The number of aromatic carboxylic acids is 1. The first-order valence-corrected chi connectivity index (χ1v) is 4.53. The monoisotopic (exact) mass is 222 g/mol. The number of carbonyl (C=O) groups is 1. The molecule has 84 valence electrons. The van der Waals surface area contributed by atoms with Crippen LogP contribution in [0.25, 0.3) is 0 Å². The number of benzene rings is 1. The van der Waals surface area contributed by atoms with Gasteiger partial charge in [-0.25, -0.2) is 4.79 Å². The van der Waals surface area contributed by atoms with E-state index in [1.54, 1.807) is 0 Å². The number of ether oxygens (including phenoxy) is 1. The van der Waals surface area contributed by atoms with Gasteiger partial charge in [-0.1, -0.05) is 18.7 Å². The maximum atomic E-state index is 10.8. The van der Waals surface area contributed by atoms with Crippen molar-refractivity contribution in [1.82, 2.24) is 0 Å². The molecule has 16 heavy (non-hydrogen) atoms. The van der Waals surface area contributed by atoms with Crippen molar-refractivity contribution in [3.8, 4) is 5.75 Å². The molecule has 0 amide bonds. The van der Waals surface area contributed by atoms with Crippen molar-refractivity contribution in [3.63, 3.8) is 0 Å². The van der Waals surface area contributed by atoms with Crippen molar-refractivity contribution < 1.29 is 24.7 Å². The molecule has 0 saturated carbocycles. The Kier molecular flexibility index (Phi) is 4.10. The second-order valence-electron chi connectivity index (χ2n) is 3.03. The number of carboxylic acids is 1. The van der Waals surface area contributed by atoms with Crippen molar-refractivity contribution in [2.24, 2.45) is 0 Å². The Morgan fingerprint density at radius 1 is 1.50 bits per heavy atom. The van der Waals surface area contributed by atoms with Crippen LogP contribution in [-0.2, 0) is 0 Å². The van der Waals surface area contributed by atoms with Crippen molar-refractivity contribution in [1.29, 1.82) is 0 Å². The third-order valence-electron chi connectivity index (χ3n) is 1.89. The zero-order valence-corrected chi connectivity index (χ0v) is 8.46. The van der Waals surface area contributed by atoms with E-state index < -0.39 is 13.1 Å². The topological polar surface area (TPSA) is 87.0 Å². The summed E-state index contributed by atoms with van der Waals surface area (Å²) >= 11 is 0. The molecule has 6 heteroatoms. The highest BCUT2D eigenvalue weighted by Crippen LogP contribution is 2.16. The average Bonchev–Trinajstić information content (AvgIpc) is 2.25. The molecule has 0 saturated heterocycles. The largest absolute Gasteiger partial charge is 0.489 e. The molecule has 0 heterocycles. The van der Waals surface area contributed by atoms with Gasteiger partial charge in [0.1, 0.15) is 17.9 Å². The number of hydrogen-bond acceptors (Lipinski definition) is 4. The van der Waals surface area contributed by atoms with E-state index in [0.717, 1.165) is 0 Å². The number of rotatable bonds is 5. The molecular weight excluding hydrogens is 211 g/mol. The van der Waals surface area contributed by atoms with Gasteiger partial charge in [-0.2, -0.15) is 0 Å². The van der Waals surface area contributed by atoms with Gasteiger partial charge < -0.3 is 19.9 Å². The van der Waals surface area contributed by atoms with Gasteiger partial charge in [0.25, 0.3) is 0 Å². The molecule has 1 aromatic carbocycles. The fraction of sp³-hybridized carbons (Fsp3) is 0.100. The van der Waals surface area contributed by atoms with Crippen molar-refractivity contribution >= 4 is 18.6 Å². The molecule has 0 unspecified atom stereocenters. The first kappa shape index (κ1) is 12.3. The number of carboxylic acid groups (broad SMARTS) is 1. The molecule has 0 aliphatic carbocycles. The van der Waals surface area contributed by atoms with Crippen LogP contribution in [0.5, 0.6) is 5.75 Å². The zero-order chi connectivity index (χ0) is 12.1. The fourth-order valence-corrected chi connectivity index (χ4v) is 1.14. The van der Waals surface area contributed by atoms with Crippen molar-refractivity contribution in [3.05, 3.63) is 36.4 Å². The summed E-state index contributed by atoms with van der Waals surface area (Å²) in [5.41, 5.74) is 0.135. The van der Waals surface area contributed by atoms with Crippen LogP contribution in [0.4, 0.5) is 0 Å². The van der Waals surface area contributed by atoms with Gasteiger partial charge in [0.15, 0.2) is 0 Å². The minimum Gasteiger partial charge on any atom is -0.489 e. The first-order chi connectivity index (χ1) is 7.56. The molecule has 0 radical (unpaired) electrons. The molecule has 3 N–H and O–H groups in total. The Bertz CT molecular complexity index is 402. The predicted octanol–water partition coefficient (Wildman–Crippen LogP) is -0.371. The van der Waals surface area contributed by atoms with Gasteiger partial charge in [-0.15, -0.1) is 0 Å². The molecule has 0 atom stereocenters. The Balaban J connectivity index is 3.10. The Labute approximate surface area is 92.8 Å². The number of hydrogen-bond donors (Lipinski definition) is 3. The summed E-state index contributed by atoms with van der Waals surface area (Å²) in [4.78, 5) is 10.8. The summed E-state index contributed by atoms with van der Waals surface area (Å²) in [7, 11) is -1.66. The van der Waals surface area contributed by atoms with Gasteiger partial charge in [0, 0.05) is 0 Å². The highest BCUT2D eigenvalue weighted by atomic mass is 16.5. The van der Waals surface area contributed by atoms with Gasteiger partial charge in [-0.3, -0.25) is 0 Å². The molecule has 5 nitrogen and oxygen atoms in total. The molecule has 0 aliphatic rings. The summed E-state index contributed by atoms with van der Waals surface area (Å²) in [6.07, 6.45) is 1.47. The molecule has 0 aliphatic heterocycles.